The van der Waals surface area contributed by atoms with Gasteiger partial charge in [-0.25, -0.2) is 0 Å². The van der Waals surface area contributed by atoms with Crippen molar-refractivity contribution in [1.29, 1.82) is 5.26 Å². The first kappa shape index (κ1) is 43.9. The number of aromatic nitrogens is 5. The molecule has 1 aliphatic carbocycles. The van der Waals surface area contributed by atoms with E-state index in [1.165, 1.54) is 59.1 Å². The van der Waals surface area contributed by atoms with Crippen LogP contribution in [0.3, 0.4) is 0 Å². The zero-order chi connectivity index (χ0) is 51.9. The van der Waals surface area contributed by atoms with Crippen molar-refractivity contribution in [3.63, 3.8) is 0 Å². The number of para-hydroxylation sites is 4. The van der Waals surface area contributed by atoms with Gasteiger partial charge < -0.3 is 13.7 Å². The Balaban J connectivity index is 0.860. The Bertz CT molecular complexity index is 5030. The van der Waals surface area contributed by atoms with Crippen molar-refractivity contribution < 1.29 is 0 Å². The molecular formula is C72H42N6S. The molecule has 0 saturated carbocycles. The Morgan fingerprint density at radius 1 is 0.342 bits per heavy atom. The van der Waals surface area contributed by atoms with Gasteiger partial charge in [0, 0.05) is 71.6 Å². The molecule has 0 unspecified atom stereocenters. The molecule has 0 saturated heterocycles. The van der Waals surface area contributed by atoms with Gasteiger partial charge in [0.25, 0.3) is 0 Å². The topological polar surface area (TPSA) is 64.4 Å². The molecular weight excluding hydrogens is 981 g/mol. The highest BCUT2D eigenvalue weighted by atomic mass is 32.2. The Kier molecular flexibility index (Phi) is 9.24. The van der Waals surface area contributed by atoms with Crippen molar-refractivity contribution in [1.82, 2.24) is 23.7 Å². The summed E-state index contributed by atoms with van der Waals surface area (Å²) in [5.74, 6) is 0. The van der Waals surface area contributed by atoms with Gasteiger partial charge in [-0.15, -0.1) is 0 Å². The summed E-state index contributed by atoms with van der Waals surface area (Å²) >= 11 is 1.87. The summed E-state index contributed by atoms with van der Waals surface area (Å²) in [6.45, 7) is 0. The van der Waals surface area contributed by atoms with Crippen molar-refractivity contribution in [3.8, 4) is 56.8 Å². The van der Waals surface area contributed by atoms with Crippen molar-refractivity contribution in [2.45, 2.75) is 15.2 Å². The molecule has 79 heavy (non-hydrogen) atoms. The van der Waals surface area contributed by atoms with Crippen molar-refractivity contribution in [2.75, 3.05) is 0 Å². The second kappa shape index (κ2) is 16.6. The maximum absolute atomic E-state index is 10.1. The van der Waals surface area contributed by atoms with Crippen LogP contribution in [0.15, 0.2) is 265 Å². The zero-order valence-corrected chi connectivity index (χ0v) is 43.2. The Hall–Kier alpha value is -10.3. The van der Waals surface area contributed by atoms with Crippen LogP contribution in [0.4, 0.5) is 0 Å². The normalized spacial score (nSPS) is 13.1. The Morgan fingerprint density at radius 2 is 0.747 bits per heavy atom. The predicted molar refractivity (Wildman–Crippen MR) is 322 cm³/mol. The molecule has 7 heteroatoms. The number of rotatable bonds is 5. The molecule has 366 valence electrons. The van der Waals surface area contributed by atoms with Crippen LogP contribution in [-0.4, -0.2) is 23.7 Å². The standard InChI is InChI=1S/C72H42N6S/c73-43-44-28-35-65-55(40-44)57-42-46(30-37-67(57)76(65)47-14-2-1-3-15-47)51-20-11-22-61-71(51)79-70-50(19-10-21-60(70)72(61)58-23-12-38-74-68(58)69-59(72)24-13-39-75-69)45-29-36-66-56(41-45)54-18-6-9-27-64(54)78(66)49-33-31-48(32-34-49)77-62-25-7-4-16-52(62)53-17-5-8-26-63(53)77/h1-42H. The van der Waals surface area contributed by atoms with Crippen LogP contribution >= 0.6 is 11.8 Å². The predicted octanol–water partition coefficient (Wildman–Crippen LogP) is 17.8. The average molecular weight is 1020 g/mol. The van der Waals surface area contributed by atoms with Gasteiger partial charge in [0.1, 0.15) is 0 Å². The van der Waals surface area contributed by atoms with Gasteiger partial charge >= 0.3 is 0 Å². The fourth-order valence-electron chi connectivity index (χ4n) is 13.6. The van der Waals surface area contributed by atoms with Gasteiger partial charge in [0.2, 0.25) is 0 Å². The Morgan fingerprint density at radius 3 is 1.25 bits per heavy atom. The molecule has 0 amide bonds. The molecule has 2 aliphatic rings. The van der Waals surface area contributed by atoms with E-state index >= 15 is 0 Å². The first-order valence-electron chi connectivity index (χ1n) is 26.7. The Labute approximate surface area is 458 Å². The lowest BCUT2D eigenvalue weighted by Gasteiger charge is -2.40. The number of hydrogen-bond acceptors (Lipinski definition) is 4. The van der Waals surface area contributed by atoms with Crippen LogP contribution < -0.4 is 0 Å². The molecule has 0 fully saturated rings. The van der Waals surface area contributed by atoms with E-state index in [0.29, 0.717) is 5.56 Å². The summed E-state index contributed by atoms with van der Waals surface area (Å²) < 4.78 is 7.11. The highest BCUT2D eigenvalue weighted by Gasteiger charge is 2.52. The quantitative estimate of drug-likeness (QED) is 0.172. The highest BCUT2D eigenvalue weighted by Crippen LogP contribution is 2.64. The summed E-state index contributed by atoms with van der Waals surface area (Å²) in [4.78, 5) is 12.6. The molecule has 0 bridgehead atoms. The van der Waals surface area contributed by atoms with E-state index in [9.17, 15) is 5.26 Å². The maximum Gasteiger partial charge on any atom is 0.0991 e. The number of pyridine rings is 2. The lowest BCUT2D eigenvalue weighted by Crippen LogP contribution is -2.32. The zero-order valence-electron chi connectivity index (χ0n) is 42.3. The second-order valence-corrected chi connectivity index (χ2v) is 21.8. The minimum Gasteiger partial charge on any atom is -0.309 e. The largest absolute Gasteiger partial charge is 0.309 e. The molecule has 0 N–H and O–H groups in total. The van der Waals surface area contributed by atoms with Gasteiger partial charge in [-0.2, -0.15) is 5.26 Å². The minimum atomic E-state index is -0.713. The molecule has 0 atom stereocenters. The SMILES string of the molecule is N#Cc1ccc2c(c1)c1cc(-c3cccc4c3Sc3c(-c5ccc6c(c5)c5ccccc5n6-c5ccc(-n6c7ccccc7c7ccccc76)cc5)cccc3C43c4cccnc4-c4ncccc43)ccc1n2-c1ccccc1. The van der Waals surface area contributed by atoms with Crippen molar-refractivity contribution in [3.05, 3.63) is 283 Å². The molecule has 1 aliphatic heterocycles. The lowest BCUT2D eigenvalue weighted by atomic mass is 9.67. The number of fused-ring (bicyclic) bond motifs is 18. The molecule has 0 radical (unpaired) electrons. The number of benzene rings is 10. The number of nitriles is 1. The van der Waals surface area contributed by atoms with Crippen LogP contribution in [0.25, 0.3) is 116 Å². The molecule has 17 rings (SSSR count). The summed E-state index contributed by atoms with van der Waals surface area (Å²) in [5.41, 5.74) is 21.2. The first-order valence-corrected chi connectivity index (χ1v) is 27.5. The van der Waals surface area contributed by atoms with E-state index in [0.717, 1.165) is 89.1 Å². The maximum atomic E-state index is 10.1. The summed E-state index contributed by atoms with van der Waals surface area (Å²) in [5, 5.41) is 17.2. The molecule has 6 heterocycles. The van der Waals surface area contributed by atoms with Crippen molar-refractivity contribution >= 4 is 77.2 Å². The smallest absolute Gasteiger partial charge is 0.0991 e. The van der Waals surface area contributed by atoms with E-state index in [4.69, 9.17) is 9.97 Å². The van der Waals surface area contributed by atoms with Crippen LogP contribution in [0.2, 0.25) is 0 Å². The highest BCUT2D eigenvalue weighted by molar-refractivity contribution is 7.99. The van der Waals surface area contributed by atoms with Gasteiger partial charge in [0.15, 0.2) is 0 Å². The lowest BCUT2D eigenvalue weighted by molar-refractivity contribution is 0.721. The van der Waals surface area contributed by atoms with Gasteiger partial charge in [0.05, 0.1) is 61.5 Å². The second-order valence-electron chi connectivity index (χ2n) is 20.7. The van der Waals surface area contributed by atoms with Crippen LogP contribution in [-0.2, 0) is 5.41 Å². The van der Waals surface area contributed by atoms with Gasteiger partial charge in [-0.1, -0.05) is 145 Å². The van der Waals surface area contributed by atoms with Crippen molar-refractivity contribution in [2.24, 2.45) is 0 Å². The third-order valence-electron chi connectivity index (χ3n) is 16.8. The van der Waals surface area contributed by atoms with Crippen LogP contribution in [0, 0.1) is 11.3 Å². The number of nitrogens with zero attached hydrogens (tertiary/aromatic N) is 6. The molecule has 5 aromatic heterocycles. The summed E-state index contributed by atoms with van der Waals surface area (Å²) in [6.07, 6.45) is 3.79. The molecule has 10 aromatic carbocycles. The fourth-order valence-corrected chi connectivity index (χ4v) is 15.0. The summed E-state index contributed by atoms with van der Waals surface area (Å²) in [7, 11) is 0. The molecule has 6 nitrogen and oxygen atoms in total. The monoisotopic (exact) mass is 1020 g/mol. The summed E-state index contributed by atoms with van der Waals surface area (Å²) in [6, 6.07) is 90.5. The van der Waals surface area contributed by atoms with Gasteiger partial charge in [-0.3, -0.25) is 9.97 Å². The van der Waals surface area contributed by atoms with Crippen LogP contribution in [0.5, 0.6) is 0 Å². The first-order chi connectivity index (χ1) is 39.2. The molecule has 15 aromatic rings. The van der Waals surface area contributed by atoms with Crippen LogP contribution in [0.1, 0.15) is 27.8 Å². The molecule has 1 spiro atoms. The van der Waals surface area contributed by atoms with Gasteiger partial charge in [-0.05, 0) is 154 Å². The number of hydrogen-bond donors (Lipinski definition) is 0. The van der Waals surface area contributed by atoms with E-state index in [-0.39, 0.29) is 0 Å². The fraction of sp³-hybridized carbons (Fsp3) is 0.0139. The van der Waals surface area contributed by atoms with E-state index < -0.39 is 5.41 Å². The van der Waals surface area contributed by atoms with E-state index in [1.807, 2.05) is 36.3 Å². The minimum absolute atomic E-state index is 0.636. The van der Waals surface area contributed by atoms with E-state index in [1.54, 1.807) is 0 Å². The van der Waals surface area contributed by atoms with E-state index in [2.05, 4.69) is 250 Å². The third kappa shape index (κ3) is 6.06. The third-order valence-corrected chi connectivity index (χ3v) is 18.1. The average Bonchev–Trinajstić information content (AvgIpc) is 3.48.